The number of hydrogen-bond acceptors (Lipinski definition) is 4. The normalized spacial score (nSPS) is 23.8. The van der Waals surface area contributed by atoms with Crippen molar-refractivity contribution in [3.63, 3.8) is 0 Å². The van der Waals surface area contributed by atoms with Crippen LogP contribution in [-0.4, -0.2) is 62.5 Å². The first kappa shape index (κ1) is 18.0. The minimum absolute atomic E-state index is 0.0767. The van der Waals surface area contributed by atoms with Crippen LogP contribution in [0, 0.1) is 0 Å². The molecule has 1 saturated carbocycles. The number of nitrogens with one attached hydrogen (secondary N) is 2. The van der Waals surface area contributed by atoms with E-state index in [2.05, 4.69) is 35.4 Å². The summed E-state index contributed by atoms with van der Waals surface area (Å²) in [7, 11) is 1.68. The van der Waals surface area contributed by atoms with E-state index >= 15 is 0 Å². The first-order valence-electron chi connectivity index (χ1n) is 9.01. The number of rotatable bonds is 6. The Hall–Kier alpha value is -1.79. The van der Waals surface area contributed by atoms with Gasteiger partial charge in [0, 0.05) is 37.1 Å². The number of benzene rings is 1. The zero-order chi connectivity index (χ0) is 17.9. The number of methoxy groups -OCH3 is 1. The summed E-state index contributed by atoms with van der Waals surface area (Å²) < 4.78 is 10.8. The molecule has 0 spiro atoms. The molecule has 0 unspecified atom stereocenters. The molecule has 25 heavy (non-hydrogen) atoms. The number of ether oxygens (including phenoxy) is 2. The number of para-hydroxylation sites is 1. The van der Waals surface area contributed by atoms with Gasteiger partial charge < -0.3 is 20.1 Å². The first-order valence-corrected chi connectivity index (χ1v) is 9.01. The third-order valence-electron chi connectivity index (χ3n) is 5.19. The van der Waals surface area contributed by atoms with Gasteiger partial charge in [0.1, 0.15) is 5.75 Å². The van der Waals surface area contributed by atoms with Crippen LogP contribution in [0.25, 0.3) is 0 Å². The third kappa shape index (κ3) is 4.44. The number of urea groups is 1. The van der Waals surface area contributed by atoms with Gasteiger partial charge in [-0.1, -0.05) is 18.2 Å². The zero-order valence-electron chi connectivity index (χ0n) is 15.4. The lowest BCUT2D eigenvalue weighted by Crippen LogP contribution is -2.56. The lowest BCUT2D eigenvalue weighted by Gasteiger charge is -2.40. The molecule has 1 aromatic rings. The van der Waals surface area contributed by atoms with Crippen molar-refractivity contribution in [1.82, 2.24) is 15.5 Å². The van der Waals surface area contributed by atoms with Gasteiger partial charge in [0.2, 0.25) is 0 Å². The van der Waals surface area contributed by atoms with Crippen LogP contribution in [0.1, 0.15) is 31.7 Å². The zero-order valence-corrected chi connectivity index (χ0v) is 15.4. The molecule has 1 saturated heterocycles. The monoisotopic (exact) mass is 347 g/mol. The predicted octanol–water partition coefficient (Wildman–Crippen LogP) is 1.96. The minimum Gasteiger partial charge on any atom is -0.496 e. The Labute approximate surface area is 149 Å². The number of amides is 2. The second kappa shape index (κ2) is 7.62. The molecule has 0 radical (unpaired) electrons. The lowest BCUT2D eigenvalue weighted by molar-refractivity contribution is -0.00874. The molecule has 138 valence electrons. The van der Waals surface area contributed by atoms with Crippen molar-refractivity contribution in [1.29, 1.82) is 0 Å². The molecule has 1 aromatic carbocycles. The van der Waals surface area contributed by atoms with Gasteiger partial charge in [-0.25, -0.2) is 4.79 Å². The van der Waals surface area contributed by atoms with E-state index in [1.54, 1.807) is 7.11 Å². The van der Waals surface area contributed by atoms with E-state index < -0.39 is 0 Å². The van der Waals surface area contributed by atoms with Gasteiger partial charge in [-0.3, -0.25) is 4.90 Å². The van der Waals surface area contributed by atoms with Gasteiger partial charge in [-0.05, 0) is 31.9 Å². The molecule has 0 aromatic heterocycles. The maximum atomic E-state index is 12.3. The Bertz CT molecular complexity index is 599. The van der Waals surface area contributed by atoms with Crippen LogP contribution in [0.5, 0.6) is 5.75 Å². The number of hydrogen-bond donors (Lipinski definition) is 2. The summed E-state index contributed by atoms with van der Waals surface area (Å²) in [4.78, 5) is 14.6. The average molecular weight is 347 g/mol. The van der Waals surface area contributed by atoms with Crippen molar-refractivity contribution >= 4 is 6.03 Å². The minimum atomic E-state index is -0.0938. The van der Waals surface area contributed by atoms with Crippen molar-refractivity contribution in [2.75, 3.05) is 40.0 Å². The van der Waals surface area contributed by atoms with Crippen LogP contribution >= 0.6 is 0 Å². The van der Waals surface area contributed by atoms with Gasteiger partial charge in [0.05, 0.1) is 20.3 Å². The Balaban J connectivity index is 1.46. The molecule has 6 heteroatoms. The smallest absolute Gasteiger partial charge is 0.315 e. The highest BCUT2D eigenvalue weighted by Crippen LogP contribution is 2.44. The van der Waals surface area contributed by atoms with Gasteiger partial charge >= 0.3 is 6.03 Å². The van der Waals surface area contributed by atoms with E-state index in [0.717, 1.165) is 38.5 Å². The fourth-order valence-electron chi connectivity index (χ4n) is 3.47. The van der Waals surface area contributed by atoms with Gasteiger partial charge in [0.25, 0.3) is 0 Å². The molecule has 2 fully saturated rings. The topological polar surface area (TPSA) is 62.8 Å². The molecule has 0 bridgehead atoms. The van der Waals surface area contributed by atoms with Crippen LogP contribution in [0.15, 0.2) is 24.3 Å². The molecule has 1 aliphatic carbocycles. The fraction of sp³-hybridized carbons (Fsp3) is 0.632. The van der Waals surface area contributed by atoms with Crippen molar-refractivity contribution in [2.24, 2.45) is 0 Å². The number of nitrogens with zero attached hydrogens (tertiary/aromatic N) is 1. The van der Waals surface area contributed by atoms with Crippen molar-refractivity contribution < 1.29 is 14.3 Å². The van der Waals surface area contributed by atoms with Crippen LogP contribution in [0.4, 0.5) is 4.79 Å². The van der Waals surface area contributed by atoms with E-state index in [1.165, 1.54) is 5.56 Å². The van der Waals surface area contributed by atoms with Crippen LogP contribution in [0.3, 0.4) is 0 Å². The standard InChI is InChI=1S/C19H29N3O3/c1-19(2,22-8-10-25-11-9-22)13-20-18(23)21-16-12-15(16)14-6-4-5-7-17(14)24-3/h4-7,15-16H,8-13H2,1-3H3,(H2,20,21,23)/t15-,16+/m1/s1. The Morgan fingerprint density at radius 1 is 1.32 bits per heavy atom. The molecule has 6 nitrogen and oxygen atoms in total. The van der Waals surface area contributed by atoms with E-state index in [0.29, 0.717) is 12.5 Å². The predicted molar refractivity (Wildman–Crippen MR) is 97.1 cm³/mol. The Morgan fingerprint density at radius 2 is 2.04 bits per heavy atom. The van der Waals surface area contributed by atoms with E-state index in [-0.39, 0.29) is 17.6 Å². The largest absolute Gasteiger partial charge is 0.496 e. The van der Waals surface area contributed by atoms with E-state index in [9.17, 15) is 4.79 Å². The molecular formula is C19H29N3O3. The van der Waals surface area contributed by atoms with E-state index in [4.69, 9.17) is 9.47 Å². The van der Waals surface area contributed by atoms with Gasteiger partial charge in [0.15, 0.2) is 0 Å². The second-order valence-electron chi connectivity index (χ2n) is 7.43. The molecule has 1 aliphatic heterocycles. The van der Waals surface area contributed by atoms with Crippen LogP contribution in [-0.2, 0) is 4.74 Å². The highest BCUT2D eigenvalue weighted by Gasteiger charge is 2.41. The molecule has 2 N–H and O–H groups in total. The SMILES string of the molecule is COc1ccccc1[C@H]1C[C@@H]1NC(=O)NCC(C)(C)N1CCOCC1. The van der Waals surface area contributed by atoms with Gasteiger partial charge in [-0.15, -0.1) is 0 Å². The summed E-state index contributed by atoms with van der Waals surface area (Å²) in [5, 5.41) is 6.11. The quantitative estimate of drug-likeness (QED) is 0.826. The average Bonchev–Trinajstić information content (AvgIpc) is 3.39. The summed E-state index contributed by atoms with van der Waals surface area (Å²) >= 11 is 0. The third-order valence-corrected chi connectivity index (χ3v) is 5.19. The van der Waals surface area contributed by atoms with E-state index in [1.807, 2.05) is 18.2 Å². The first-order chi connectivity index (χ1) is 12.0. The number of carbonyl (C=O) groups is 1. The summed E-state index contributed by atoms with van der Waals surface area (Å²) in [6.45, 7) is 8.28. The Kier molecular flexibility index (Phi) is 5.49. The molecule has 3 rings (SSSR count). The highest BCUT2D eigenvalue weighted by molar-refractivity contribution is 5.75. The Morgan fingerprint density at radius 3 is 2.76 bits per heavy atom. The molecule has 2 aliphatic rings. The maximum Gasteiger partial charge on any atom is 0.315 e. The molecule has 1 heterocycles. The fourth-order valence-corrected chi connectivity index (χ4v) is 3.47. The molecule has 2 atom stereocenters. The number of carbonyl (C=O) groups excluding carboxylic acids is 1. The summed E-state index contributed by atoms with van der Waals surface area (Å²) in [6, 6.07) is 8.11. The highest BCUT2D eigenvalue weighted by atomic mass is 16.5. The summed E-state index contributed by atoms with van der Waals surface area (Å²) in [6.07, 6.45) is 0.959. The van der Waals surface area contributed by atoms with Crippen molar-refractivity contribution in [3.8, 4) is 5.75 Å². The maximum absolute atomic E-state index is 12.3. The lowest BCUT2D eigenvalue weighted by atomic mass is 10.0. The second-order valence-corrected chi connectivity index (χ2v) is 7.43. The van der Waals surface area contributed by atoms with Crippen molar-refractivity contribution in [2.45, 2.75) is 37.8 Å². The number of morpholine rings is 1. The molecular weight excluding hydrogens is 318 g/mol. The molecule has 2 amide bonds. The van der Waals surface area contributed by atoms with Crippen molar-refractivity contribution in [3.05, 3.63) is 29.8 Å². The summed E-state index contributed by atoms with van der Waals surface area (Å²) in [5.41, 5.74) is 1.09. The van der Waals surface area contributed by atoms with Crippen LogP contribution < -0.4 is 15.4 Å². The summed E-state index contributed by atoms with van der Waals surface area (Å²) in [5.74, 6) is 1.24. The van der Waals surface area contributed by atoms with Gasteiger partial charge in [-0.2, -0.15) is 0 Å². The van der Waals surface area contributed by atoms with Crippen LogP contribution in [0.2, 0.25) is 0 Å².